The first-order valence-corrected chi connectivity index (χ1v) is 7.46. The van der Waals surface area contributed by atoms with Crippen LogP contribution in [0.2, 0.25) is 5.02 Å². The standard InChI is InChI=1S/C18H13ClFN3O/c19-16-13(5-2-6-15(16)20)12-4-1-3-10-7-8-11(9-14(10)12)17(24)23-18(21)22/h1-9H,(H4,21,22,23,24). The molecule has 4 nitrogen and oxygen atoms in total. The highest BCUT2D eigenvalue weighted by Crippen LogP contribution is 2.35. The van der Waals surface area contributed by atoms with Gasteiger partial charge in [-0.3, -0.25) is 4.79 Å². The van der Waals surface area contributed by atoms with E-state index in [9.17, 15) is 9.18 Å². The number of amides is 1. The lowest BCUT2D eigenvalue weighted by molar-refractivity contribution is 0.100. The first kappa shape index (κ1) is 16.0. The van der Waals surface area contributed by atoms with Gasteiger partial charge in [0.1, 0.15) is 5.82 Å². The normalized spacial score (nSPS) is 10.6. The Morgan fingerprint density at radius 3 is 2.46 bits per heavy atom. The zero-order valence-electron chi connectivity index (χ0n) is 12.5. The first-order valence-electron chi connectivity index (χ1n) is 7.08. The van der Waals surface area contributed by atoms with Gasteiger partial charge in [0.2, 0.25) is 0 Å². The van der Waals surface area contributed by atoms with Gasteiger partial charge in [0, 0.05) is 11.1 Å². The molecule has 3 aromatic carbocycles. The number of benzene rings is 3. The average molecular weight is 342 g/mol. The van der Waals surface area contributed by atoms with Gasteiger partial charge in [0.05, 0.1) is 5.02 Å². The number of nitrogens with two attached hydrogens (primary N) is 2. The third kappa shape index (κ3) is 2.94. The van der Waals surface area contributed by atoms with Crippen molar-refractivity contribution in [1.82, 2.24) is 0 Å². The summed E-state index contributed by atoms with van der Waals surface area (Å²) >= 11 is 6.10. The fraction of sp³-hybridized carbons (Fsp3) is 0. The summed E-state index contributed by atoms with van der Waals surface area (Å²) in [4.78, 5) is 15.6. The smallest absolute Gasteiger partial charge is 0.280 e. The maximum Gasteiger partial charge on any atom is 0.280 e. The van der Waals surface area contributed by atoms with Crippen LogP contribution in [0.3, 0.4) is 0 Å². The number of aliphatic imine (C=N–C) groups is 1. The van der Waals surface area contributed by atoms with Crippen LogP contribution < -0.4 is 11.5 Å². The van der Waals surface area contributed by atoms with Gasteiger partial charge in [0.25, 0.3) is 5.91 Å². The molecule has 0 saturated heterocycles. The van der Waals surface area contributed by atoms with E-state index in [1.165, 1.54) is 6.07 Å². The van der Waals surface area contributed by atoms with Gasteiger partial charge in [-0.2, -0.15) is 4.99 Å². The zero-order valence-corrected chi connectivity index (χ0v) is 13.2. The number of carbonyl (C=O) groups is 1. The molecule has 1 amide bonds. The van der Waals surface area contributed by atoms with Crippen LogP contribution in [0.15, 0.2) is 59.6 Å². The minimum absolute atomic E-state index is 0.0333. The summed E-state index contributed by atoms with van der Waals surface area (Å²) in [7, 11) is 0. The summed E-state index contributed by atoms with van der Waals surface area (Å²) in [6, 6.07) is 15.2. The summed E-state index contributed by atoms with van der Waals surface area (Å²) < 4.78 is 13.8. The number of carbonyl (C=O) groups excluding carboxylic acids is 1. The highest BCUT2D eigenvalue weighted by Gasteiger charge is 2.13. The van der Waals surface area contributed by atoms with E-state index in [4.69, 9.17) is 23.1 Å². The molecule has 120 valence electrons. The van der Waals surface area contributed by atoms with E-state index >= 15 is 0 Å². The number of nitrogens with zero attached hydrogens (tertiary/aromatic N) is 1. The Bertz CT molecular complexity index is 981. The fourth-order valence-electron chi connectivity index (χ4n) is 2.53. The van der Waals surface area contributed by atoms with Gasteiger partial charge in [-0.05, 0) is 34.5 Å². The number of rotatable bonds is 2. The van der Waals surface area contributed by atoms with Crippen molar-refractivity contribution in [3.8, 4) is 11.1 Å². The highest BCUT2D eigenvalue weighted by molar-refractivity contribution is 6.34. The molecule has 0 heterocycles. The van der Waals surface area contributed by atoms with Gasteiger partial charge >= 0.3 is 0 Å². The number of hydrogen-bond acceptors (Lipinski definition) is 1. The highest BCUT2D eigenvalue weighted by atomic mass is 35.5. The second kappa shape index (κ2) is 6.29. The Morgan fingerprint density at radius 1 is 1.00 bits per heavy atom. The SMILES string of the molecule is NC(N)=NC(=O)c1ccc2cccc(-c3cccc(F)c3Cl)c2c1. The molecule has 0 aliphatic carbocycles. The Morgan fingerprint density at radius 2 is 1.71 bits per heavy atom. The van der Waals surface area contributed by atoms with Crippen molar-refractivity contribution in [2.45, 2.75) is 0 Å². The molecule has 0 aromatic heterocycles. The van der Waals surface area contributed by atoms with E-state index in [-0.39, 0.29) is 11.0 Å². The molecule has 0 atom stereocenters. The average Bonchev–Trinajstić information content (AvgIpc) is 2.56. The minimum Gasteiger partial charge on any atom is -0.370 e. The molecular formula is C18H13ClFN3O. The van der Waals surface area contributed by atoms with Crippen molar-refractivity contribution >= 4 is 34.2 Å². The van der Waals surface area contributed by atoms with Crippen LogP contribution >= 0.6 is 11.6 Å². The van der Waals surface area contributed by atoms with Crippen molar-refractivity contribution in [3.63, 3.8) is 0 Å². The largest absolute Gasteiger partial charge is 0.370 e. The molecule has 0 fully saturated rings. The van der Waals surface area contributed by atoms with Crippen LogP contribution in [0.1, 0.15) is 10.4 Å². The van der Waals surface area contributed by atoms with Crippen LogP contribution in [-0.4, -0.2) is 11.9 Å². The van der Waals surface area contributed by atoms with Crippen molar-refractivity contribution in [3.05, 3.63) is 71.0 Å². The predicted octanol–water partition coefficient (Wildman–Crippen LogP) is 3.71. The molecule has 6 heteroatoms. The molecule has 0 radical (unpaired) electrons. The molecule has 0 bridgehead atoms. The summed E-state index contributed by atoms with van der Waals surface area (Å²) in [5, 5.41) is 1.67. The molecule has 0 aliphatic rings. The summed E-state index contributed by atoms with van der Waals surface area (Å²) in [5.74, 6) is -1.35. The van der Waals surface area contributed by atoms with Gasteiger partial charge in [-0.15, -0.1) is 0 Å². The molecule has 24 heavy (non-hydrogen) atoms. The minimum atomic E-state index is -0.544. The maximum atomic E-state index is 13.8. The first-order chi connectivity index (χ1) is 11.5. The van der Waals surface area contributed by atoms with Crippen molar-refractivity contribution in [2.24, 2.45) is 16.5 Å². The lowest BCUT2D eigenvalue weighted by Gasteiger charge is -2.10. The van der Waals surface area contributed by atoms with Crippen LogP contribution in [0.25, 0.3) is 21.9 Å². The summed E-state index contributed by atoms with van der Waals surface area (Å²) in [6.07, 6.45) is 0. The van der Waals surface area contributed by atoms with E-state index < -0.39 is 11.7 Å². The quantitative estimate of drug-likeness (QED) is 0.550. The topological polar surface area (TPSA) is 81.5 Å². The van der Waals surface area contributed by atoms with Gasteiger partial charge in [-0.25, -0.2) is 4.39 Å². The third-order valence-electron chi connectivity index (χ3n) is 3.60. The van der Waals surface area contributed by atoms with Crippen molar-refractivity contribution in [1.29, 1.82) is 0 Å². The lowest BCUT2D eigenvalue weighted by Crippen LogP contribution is -2.24. The van der Waals surface area contributed by atoms with Crippen molar-refractivity contribution < 1.29 is 9.18 Å². The molecule has 3 aromatic rings. The van der Waals surface area contributed by atoms with Crippen LogP contribution in [0.5, 0.6) is 0 Å². The molecule has 0 aliphatic heterocycles. The van der Waals surface area contributed by atoms with Crippen LogP contribution in [0.4, 0.5) is 4.39 Å². The van der Waals surface area contributed by atoms with Crippen LogP contribution in [0, 0.1) is 5.82 Å². The van der Waals surface area contributed by atoms with Gasteiger partial charge in [-0.1, -0.05) is 48.0 Å². The van der Waals surface area contributed by atoms with E-state index in [1.54, 1.807) is 30.3 Å². The van der Waals surface area contributed by atoms with Crippen LogP contribution in [-0.2, 0) is 0 Å². The predicted molar refractivity (Wildman–Crippen MR) is 94.5 cm³/mol. The second-order valence-corrected chi connectivity index (χ2v) is 5.56. The Balaban J connectivity index is 2.24. The Hall–Kier alpha value is -2.92. The van der Waals surface area contributed by atoms with Gasteiger partial charge in [0.15, 0.2) is 5.96 Å². The number of halogens is 2. The maximum absolute atomic E-state index is 13.8. The molecular weight excluding hydrogens is 329 g/mol. The molecule has 3 rings (SSSR count). The lowest BCUT2D eigenvalue weighted by atomic mass is 9.96. The second-order valence-electron chi connectivity index (χ2n) is 5.18. The van der Waals surface area contributed by atoms with E-state index in [2.05, 4.69) is 4.99 Å². The number of hydrogen-bond donors (Lipinski definition) is 2. The Labute approximate surface area is 142 Å². The number of guanidine groups is 1. The fourth-order valence-corrected chi connectivity index (χ4v) is 2.76. The zero-order chi connectivity index (χ0) is 17.3. The molecule has 4 N–H and O–H groups in total. The summed E-state index contributed by atoms with van der Waals surface area (Å²) in [6.45, 7) is 0. The van der Waals surface area contributed by atoms with E-state index in [0.717, 1.165) is 16.3 Å². The third-order valence-corrected chi connectivity index (χ3v) is 3.99. The summed E-state index contributed by atoms with van der Waals surface area (Å²) in [5.41, 5.74) is 12.1. The molecule has 0 unspecified atom stereocenters. The van der Waals surface area contributed by atoms with E-state index in [0.29, 0.717) is 11.1 Å². The number of fused-ring (bicyclic) bond motifs is 1. The molecule has 0 spiro atoms. The van der Waals surface area contributed by atoms with Crippen molar-refractivity contribution in [2.75, 3.05) is 0 Å². The van der Waals surface area contributed by atoms with E-state index in [1.807, 2.05) is 18.2 Å². The van der Waals surface area contributed by atoms with Gasteiger partial charge < -0.3 is 11.5 Å². The monoisotopic (exact) mass is 341 g/mol. The Kier molecular flexibility index (Phi) is 4.18. The molecule has 0 saturated carbocycles.